The van der Waals surface area contributed by atoms with Crippen molar-refractivity contribution in [1.82, 2.24) is 15.8 Å². The Bertz CT molecular complexity index is 891. The van der Waals surface area contributed by atoms with Gasteiger partial charge in [-0.15, -0.1) is 11.3 Å². The summed E-state index contributed by atoms with van der Waals surface area (Å²) in [6.45, 7) is 2.49. The van der Waals surface area contributed by atoms with Crippen molar-refractivity contribution in [2.24, 2.45) is 0 Å². The molecule has 1 aromatic heterocycles. The Balaban J connectivity index is 1.40. The van der Waals surface area contributed by atoms with E-state index in [1.165, 1.54) is 11.3 Å². The van der Waals surface area contributed by atoms with Crippen LogP contribution in [0.2, 0.25) is 0 Å². The van der Waals surface area contributed by atoms with E-state index in [1.54, 1.807) is 24.3 Å². The topological polar surface area (TPSA) is 89.6 Å². The summed E-state index contributed by atoms with van der Waals surface area (Å²) in [5.41, 5.74) is 5.99. The van der Waals surface area contributed by atoms with Gasteiger partial charge in [-0.3, -0.25) is 20.4 Å². The summed E-state index contributed by atoms with van der Waals surface area (Å²) < 4.78 is 11.7. The van der Waals surface area contributed by atoms with Crippen molar-refractivity contribution >= 4 is 33.4 Å². The molecule has 0 radical (unpaired) electrons. The van der Waals surface area contributed by atoms with Crippen LogP contribution in [0.3, 0.4) is 0 Å². The van der Waals surface area contributed by atoms with Gasteiger partial charge in [-0.2, -0.15) is 0 Å². The molecule has 2 amide bonds. The maximum atomic E-state index is 12.0. The Morgan fingerprint density at radius 1 is 1.07 bits per heavy atom. The van der Waals surface area contributed by atoms with Crippen molar-refractivity contribution in [3.05, 3.63) is 59.1 Å². The molecule has 3 aromatic rings. The molecule has 8 heteroatoms. The second-order valence-corrected chi connectivity index (χ2v) is 6.64. The van der Waals surface area contributed by atoms with Crippen LogP contribution in [-0.4, -0.2) is 30.0 Å². The summed E-state index contributed by atoms with van der Waals surface area (Å²) in [6, 6.07) is 14.4. The highest BCUT2D eigenvalue weighted by molar-refractivity contribution is 7.18. The molecule has 1 heterocycles. The molecular formula is C19H19N3O4S. The molecular weight excluding hydrogens is 366 g/mol. The highest BCUT2D eigenvalue weighted by Crippen LogP contribution is 2.21. The molecule has 0 fully saturated rings. The minimum Gasteiger partial charge on any atom is -0.494 e. The number of rotatable bonds is 7. The number of para-hydroxylation sites is 1. The maximum Gasteiger partial charge on any atom is 0.269 e. The molecule has 0 spiro atoms. The number of hydrogen-bond acceptors (Lipinski definition) is 6. The van der Waals surface area contributed by atoms with Gasteiger partial charge in [-0.25, -0.2) is 4.98 Å². The number of nitrogens with zero attached hydrogens (tertiary/aromatic N) is 1. The van der Waals surface area contributed by atoms with Crippen molar-refractivity contribution in [3.8, 4) is 5.75 Å². The second-order valence-electron chi connectivity index (χ2n) is 5.53. The van der Waals surface area contributed by atoms with E-state index in [4.69, 9.17) is 9.47 Å². The SMILES string of the molecule is CCOc1ccc(C(=O)NNC(=O)COCc2nc3ccccc3s2)cc1. The van der Waals surface area contributed by atoms with Gasteiger partial charge in [0.1, 0.15) is 17.4 Å². The zero-order chi connectivity index (χ0) is 19.1. The number of carbonyl (C=O) groups excluding carboxylic acids is 2. The fourth-order valence-corrected chi connectivity index (χ4v) is 3.22. The van der Waals surface area contributed by atoms with Crippen LogP contribution in [0.4, 0.5) is 0 Å². The minimum absolute atomic E-state index is 0.181. The van der Waals surface area contributed by atoms with Crippen LogP contribution >= 0.6 is 11.3 Å². The second kappa shape index (κ2) is 9.11. The largest absolute Gasteiger partial charge is 0.494 e. The van der Waals surface area contributed by atoms with E-state index in [0.29, 0.717) is 17.9 Å². The highest BCUT2D eigenvalue weighted by atomic mass is 32.1. The van der Waals surface area contributed by atoms with Crippen molar-refractivity contribution in [1.29, 1.82) is 0 Å². The molecule has 0 saturated carbocycles. The number of nitrogens with one attached hydrogen (secondary N) is 2. The minimum atomic E-state index is -0.449. The zero-order valence-corrected chi connectivity index (χ0v) is 15.5. The lowest BCUT2D eigenvalue weighted by atomic mass is 10.2. The monoisotopic (exact) mass is 385 g/mol. The van der Waals surface area contributed by atoms with E-state index in [2.05, 4.69) is 15.8 Å². The van der Waals surface area contributed by atoms with E-state index < -0.39 is 11.8 Å². The average Bonchev–Trinajstić information content (AvgIpc) is 3.10. The molecule has 0 bridgehead atoms. The molecule has 3 rings (SSSR count). The number of fused-ring (bicyclic) bond motifs is 1. The van der Waals surface area contributed by atoms with Crippen molar-refractivity contribution < 1.29 is 19.1 Å². The fourth-order valence-electron chi connectivity index (χ4n) is 2.32. The number of ether oxygens (including phenoxy) is 2. The Kier molecular flexibility index (Phi) is 6.35. The lowest BCUT2D eigenvalue weighted by molar-refractivity contribution is -0.126. The summed E-state index contributed by atoms with van der Waals surface area (Å²) in [6.07, 6.45) is 0. The molecule has 0 atom stereocenters. The number of carbonyl (C=O) groups is 2. The molecule has 0 unspecified atom stereocenters. The summed E-state index contributed by atoms with van der Waals surface area (Å²) in [4.78, 5) is 28.2. The third-order valence-electron chi connectivity index (χ3n) is 3.54. The molecule has 0 aliphatic rings. The van der Waals surface area contributed by atoms with Gasteiger partial charge in [0.05, 0.1) is 23.4 Å². The molecule has 0 saturated heterocycles. The highest BCUT2D eigenvalue weighted by Gasteiger charge is 2.09. The first-order valence-corrected chi connectivity index (χ1v) is 9.21. The van der Waals surface area contributed by atoms with Gasteiger partial charge in [0.2, 0.25) is 0 Å². The normalized spacial score (nSPS) is 10.6. The summed E-state index contributed by atoms with van der Waals surface area (Å²) >= 11 is 1.52. The molecule has 7 nitrogen and oxygen atoms in total. The van der Waals surface area contributed by atoms with Gasteiger partial charge in [-0.05, 0) is 43.3 Å². The molecule has 0 aliphatic heterocycles. The van der Waals surface area contributed by atoms with Crippen LogP contribution in [0.5, 0.6) is 5.75 Å². The van der Waals surface area contributed by atoms with Gasteiger partial charge in [0.25, 0.3) is 11.8 Å². The van der Waals surface area contributed by atoms with Gasteiger partial charge >= 0.3 is 0 Å². The maximum absolute atomic E-state index is 12.0. The Labute approximate surface area is 160 Å². The summed E-state index contributed by atoms with van der Waals surface area (Å²) in [5.74, 6) is -0.186. The molecule has 27 heavy (non-hydrogen) atoms. The van der Waals surface area contributed by atoms with Crippen LogP contribution in [0, 0.1) is 0 Å². The quantitative estimate of drug-likeness (QED) is 0.611. The average molecular weight is 385 g/mol. The van der Waals surface area contributed by atoms with Crippen LogP contribution in [0.1, 0.15) is 22.3 Å². The summed E-state index contributed by atoms with van der Waals surface area (Å²) in [7, 11) is 0. The summed E-state index contributed by atoms with van der Waals surface area (Å²) in [5, 5.41) is 0.794. The van der Waals surface area contributed by atoms with Gasteiger partial charge in [0, 0.05) is 5.56 Å². The first kappa shape index (κ1) is 18.8. The van der Waals surface area contributed by atoms with Crippen LogP contribution in [0.25, 0.3) is 10.2 Å². The smallest absolute Gasteiger partial charge is 0.269 e. The van der Waals surface area contributed by atoms with Crippen LogP contribution in [-0.2, 0) is 16.1 Å². The van der Waals surface area contributed by atoms with Gasteiger partial charge in [0.15, 0.2) is 0 Å². The number of thiazole rings is 1. The predicted octanol–water partition coefficient (Wildman–Crippen LogP) is 2.67. The predicted molar refractivity (Wildman–Crippen MR) is 102 cm³/mol. The van der Waals surface area contributed by atoms with Crippen molar-refractivity contribution in [3.63, 3.8) is 0 Å². The lowest BCUT2D eigenvalue weighted by Gasteiger charge is -2.08. The molecule has 2 aromatic carbocycles. The molecule has 0 aliphatic carbocycles. The molecule has 140 valence electrons. The Hall–Kier alpha value is -2.97. The number of hydrazine groups is 1. The fraction of sp³-hybridized carbons (Fsp3) is 0.211. The van der Waals surface area contributed by atoms with Crippen LogP contribution < -0.4 is 15.6 Å². The first-order valence-electron chi connectivity index (χ1n) is 8.40. The Morgan fingerprint density at radius 3 is 2.59 bits per heavy atom. The van der Waals surface area contributed by atoms with E-state index in [0.717, 1.165) is 15.2 Å². The number of hydrogen-bond donors (Lipinski definition) is 2. The molecule has 2 N–H and O–H groups in total. The van der Waals surface area contributed by atoms with Crippen LogP contribution in [0.15, 0.2) is 48.5 Å². The standard InChI is InChI=1S/C19H19N3O4S/c1-2-26-14-9-7-13(8-10-14)19(24)22-21-17(23)11-25-12-18-20-15-5-3-4-6-16(15)27-18/h3-10H,2,11-12H2,1H3,(H,21,23)(H,22,24). The van der Waals surface area contributed by atoms with Crippen molar-refractivity contribution in [2.45, 2.75) is 13.5 Å². The van der Waals surface area contributed by atoms with E-state index in [-0.39, 0.29) is 13.2 Å². The van der Waals surface area contributed by atoms with Gasteiger partial charge in [-0.1, -0.05) is 12.1 Å². The third kappa shape index (κ3) is 5.25. The van der Waals surface area contributed by atoms with Gasteiger partial charge < -0.3 is 9.47 Å². The van der Waals surface area contributed by atoms with E-state index in [9.17, 15) is 9.59 Å². The number of benzene rings is 2. The zero-order valence-electron chi connectivity index (χ0n) is 14.7. The number of aromatic nitrogens is 1. The Morgan fingerprint density at radius 2 is 1.85 bits per heavy atom. The third-order valence-corrected chi connectivity index (χ3v) is 4.55. The lowest BCUT2D eigenvalue weighted by Crippen LogP contribution is -2.43. The number of amides is 2. The van der Waals surface area contributed by atoms with E-state index >= 15 is 0 Å². The van der Waals surface area contributed by atoms with E-state index in [1.807, 2.05) is 31.2 Å². The van der Waals surface area contributed by atoms with Crippen molar-refractivity contribution in [2.75, 3.05) is 13.2 Å². The first-order chi connectivity index (χ1) is 13.2.